The number of carbonyl (C=O) groups excluding carboxylic acids is 1. The van der Waals surface area contributed by atoms with E-state index in [0.29, 0.717) is 11.5 Å². The fourth-order valence-corrected chi connectivity index (χ4v) is 3.06. The van der Waals surface area contributed by atoms with E-state index in [1.54, 1.807) is 24.5 Å². The van der Waals surface area contributed by atoms with Crippen LogP contribution in [0.1, 0.15) is 21.7 Å². The largest absolute Gasteiger partial charge is 0.416 e. The Balaban J connectivity index is 1.57. The fraction of sp³-hybridized carbons (Fsp3) is 0.222. The van der Waals surface area contributed by atoms with Gasteiger partial charge in [0.25, 0.3) is 5.91 Å². The first kappa shape index (κ1) is 18.0. The molecule has 1 aromatic carbocycles. The van der Waals surface area contributed by atoms with Crippen molar-refractivity contribution in [3.05, 3.63) is 76.2 Å². The van der Waals surface area contributed by atoms with Gasteiger partial charge < -0.3 is 4.90 Å². The molecular weight excluding hydrogens is 375 g/mol. The van der Waals surface area contributed by atoms with E-state index in [1.807, 2.05) is 0 Å². The van der Waals surface area contributed by atoms with Crippen molar-refractivity contribution in [2.24, 2.45) is 0 Å². The summed E-state index contributed by atoms with van der Waals surface area (Å²) in [5.74, 6) is -0.000733. The second-order valence-electron chi connectivity index (χ2n) is 6.27. The minimum absolute atomic E-state index is 0.0905. The Bertz CT molecular complexity index is 1070. The third-order valence-electron chi connectivity index (χ3n) is 4.52. The zero-order chi connectivity index (χ0) is 19.9. The normalized spacial score (nSPS) is 14.0. The standard InChI is InChI=1S/C18H14F3N5O2/c19-18(20,21)13-3-1-12(2-4-13)16(27)24-9-10-25-15(11-24)23-26(17(25)28)14-5-7-22-8-6-14/h1-8H,9-11H2. The lowest BCUT2D eigenvalue weighted by molar-refractivity contribution is -0.137. The Morgan fingerprint density at radius 2 is 1.68 bits per heavy atom. The highest BCUT2D eigenvalue weighted by atomic mass is 19.4. The topological polar surface area (TPSA) is 73.0 Å². The molecule has 0 saturated carbocycles. The maximum atomic E-state index is 12.7. The molecule has 0 N–H and O–H groups in total. The fourth-order valence-electron chi connectivity index (χ4n) is 3.06. The molecule has 0 atom stereocenters. The van der Waals surface area contributed by atoms with Gasteiger partial charge in [0.2, 0.25) is 0 Å². The number of rotatable bonds is 2. The molecule has 3 aromatic rings. The molecule has 10 heteroatoms. The summed E-state index contributed by atoms with van der Waals surface area (Å²) in [5, 5.41) is 4.29. The van der Waals surface area contributed by atoms with E-state index in [4.69, 9.17) is 0 Å². The summed E-state index contributed by atoms with van der Waals surface area (Å²) in [7, 11) is 0. The predicted octanol–water partition coefficient (Wildman–Crippen LogP) is 2.10. The predicted molar refractivity (Wildman–Crippen MR) is 91.8 cm³/mol. The van der Waals surface area contributed by atoms with Crippen LogP contribution < -0.4 is 5.69 Å². The van der Waals surface area contributed by atoms with Gasteiger partial charge in [-0.1, -0.05) is 0 Å². The number of aromatic nitrogens is 4. The van der Waals surface area contributed by atoms with Crippen molar-refractivity contribution in [2.45, 2.75) is 19.3 Å². The zero-order valence-electron chi connectivity index (χ0n) is 14.4. The molecule has 0 unspecified atom stereocenters. The lowest BCUT2D eigenvalue weighted by atomic mass is 10.1. The van der Waals surface area contributed by atoms with Gasteiger partial charge in [-0.05, 0) is 36.4 Å². The molecule has 0 fully saturated rings. The number of halogens is 3. The summed E-state index contributed by atoms with van der Waals surface area (Å²) in [6, 6.07) is 7.36. The number of alkyl halides is 3. The first-order valence-electron chi connectivity index (χ1n) is 8.40. The first-order chi connectivity index (χ1) is 13.3. The van der Waals surface area contributed by atoms with Crippen LogP contribution >= 0.6 is 0 Å². The number of benzene rings is 1. The van der Waals surface area contributed by atoms with Crippen LogP contribution in [0.25, 0.3) is 5.69 Å². The molecule has 1 amide bonds. The van der Waals surface area contributed by atoms with Crippen LogP contribution in [-0.2, 0) is 19.3 Å². The number of carbonyl (C=O) groups is 1. The second kappa shape index (κ2) is 6.63. The first-order valence-corrected chi connectivity index (χ1v) is 8.40. The van der Waals surface area contributed by atoms with E-state index >= 15 is 0 Å². The molecule has 1 aliphatic rings. The van der Waals surface area contributed by atoms with E-state index < -0.39 is 17.6 Å². The molecular formula is C18H14F3N5O2. The Morgan fingerprint density at radius 3 is 2.32 bits per heavy atom. The van der Waals surface area contributed by atoms with E-state index in [2.05, 4.69) is 10.1 Å². The van der Waals surface area contributed by atoms with Crippen molar-refractivity contribution in [3.8, 4) is 5.69 Å². The van der Waals surface area contributed by atoms with Crippen LogP contribution in [0.4, 0.5) is 13.2 Å². The number of amides is 1. The summed E-state index contributed by atoms with van der Waals surface area (Å²) >= 11 is 0. The van der Waals surface area contributed by atoms with Gasteiger partial charge in [-0.25, -0.2) is 4.79 Å². The SMILES string of the molecule is O=C(c1ccc(C(F)(F)F)cc1)N1CCn2c(nn(-c3ccncc3)c2=O)C1. The van der Waals surface area contributed by atoms with Crippen molar-refractivity contribution in [2.75, 3.05) is 6.54 Å². The highest BCUT2D eigenvalue weighted by molar-refractivity contribution is 5.94. The monoisotopic (exact) mass is 389 g/mol. The Labute approximate surface area is 156 Å². The summed E-state index contributed by atoms with van der Waals surface area (Å²) in [6.07, 6.45) is -1.37. The van der Waals surface area contributed by atoms with Crippen LogP contribution in [0.3, 0.4) is 0 Å². The molecule has 0 spiro atoms. The van der Waals surface area contributed by atoms with E-state index in [1.165, 1.54) is 14.1 Å². The summed E-state index contributed by atoms with van der Waals surface area (Å²) in [5.41, 5.74) is -0.421. The van der Waals surface area contributed by atoms with Gasteiger partial charge in [0.05, 0.1) is 17.8 Å². The second-order valence-corrected chi connectivity index (χ2v) is 6.27. The van der Waals surface area contributed by atoms with Crippen molar-refractivity contribution in [1.82, 2.24) is 24.2 Å². The summed E-state index contributed by atoms with van der Waals surface area (Å²) < 4.78 is 40.8. The number of hydrogen-bond acceptors (Lipinski definition) is 4. The van der Waals surface area contributed by atoms with E-state index in [9.17, 15) is 22.8 Å². The van der Waals surface area contributed by atoms with Crippen LogP contribution in [0, 0.1) is 0 Å². The van der Waals surface area contributed by atoms with Gasteiger partial charge in [-0.2, -0.15) is 17.9 Å². The smallest absolute Gasteiger partial charge is 0.329 e. The van der Waals surface area contributed by atoms with Crippen LogP contribution in [0.15, 0.2) is 53.6 Å². The Kier molecular flexibility index (Phi) is 4.25. The average Bonchev–Trinajstić information content (AvgIpc) is 3.03. The zero-order valence-corrected chi connectivity index (χ0v) is 14.4. The van der Waals surface area contributed by atoms with E-state index in [-0.39, 0.29) is 30.9 Å². The number of nitrogens with zero attached hydrogens (tertiary/aromatic N) is 5. The highest BCUT2D eigenvalue weighted by Gasteiger charge is 2.31. The molecule has 0 aliphatic carbocycles. The summed E-state index contributed by atoms with van der Waals surface area (Å²) in [6.45, 7) is 0.605. The number of fused-ring (bicyclic) bond motifs is 1. The number of hydrogen-bond donors (Lipinski definition) is 0. The quantitative estimate of drug-likeness (QED) is 0.673. The number of pyridine rings is 1. The minimum atomic E-state index is -4.46. The van der Waals surface area contributed by atoms with Gasteiger partial charge in [0, 0.05) is 31.0 Å². The van der Waals surface area contributed by atoms with Crippen molar-refractivity contribution >= 4 is 5.91 Å². The maximum absolute atomic E-state index is 12.7. The molecule has 2 aromatic heterocycles. The molecule has 0 bridgehead atoms. The lowest BCUT2D eigenvalue weighted by Gasteiger charge is -2.26. The molecule has 4 rings (SSSR count). The van der Waals surface area contributed by atoms with Crippen LogP contribution in [0.2, 0.25) is 0 Å². The van der Waals surface area contributed by atoms with Gasteiger partial charge >= 0.3 is 11.9 Å². The van der Waals surface area contributed by atoms with Crippen molar-refractivity contribution < 1.29 is 18.0 Å². The van der Waals surface area contributed by atoms with Crippen molar-refractivity contribution in [3.63, 3.8) is 0 Å². The van der Waals surface area contributed by atoms with Gasteiger partial charge in [0.1, 0.15) is 0 Å². The maximum Gasteiger partial charge on any atom is 0.416 e. The molecule has 144 valence electrons. The van der Waals surface area contributed by atoms with Gasteiger partial charge in [-0.15, -0.1) is 5.10 Å². The highest BCUT2D eigenvalue weighted by Crippen LogP contribution is 2.29. The Hall–Kier alpha value is -3.43. The molecule has 0 saturated heterocycles. The van der Waals surface area contributed by atoms with Crippen LogP contribution in [0.5, 0.6) is 0 Å². The average molecular weight is 389 g/mol. The van der Waals surface area contributed by atoms with Crippen LogP contribution in [-0.4, -0.2) is 36.7 Å². The Morgan fingerprint density at radius 1 is 1.00 bits per heavy atom. The summed E-state index contributed by atoms with van der Waals surface area (Å²) in [4.78, 5) is 30.5. The minimum Gasteiger partial charge on any atom is -0.329 e. The molecule has 7 nitrogen and oxygen atoms in total. The molecule has 28 heavy (non-hydrogen) atoms. The third-order valence-corrected chi connectivity index (χ3v) is 4.52. The lowest BCUT2D eigenvalue weighted by Crippen LogP contribution is -2.40. The molecule has 0 radical (unpaired) electrons. The van der Waals surface area contributed by atoms with Crippen molar-refractivity contribution in [1.29, 1.82) is 0 Å². The third kappa shape index (κ3) is 3.17. The van der Waals surface area contributed by atoms with Gasteiger partial charge in [0.15, 0.2) is 5.82 Å². The van der Waals surface area contributed by atoms with E-state index in [0.717, 1.165) is 24.3 Å². The molecule has 3 heterocycles. The molecule has 1 aliphatic heterocycles. The van der Waals surface area contributed by atoms with Gasteiger partial charge in [-0.3, -0.25) is 14.3 Å².